The Balaban J connectivity index is 0.915. The van der Waals surface area contributed by atoms with Gasteiger partial charge in [-0.05, 0) is 141 Å². The zero-order chi connectivity index (χ0) is 33.9. The largest absolute Gasteiger partial charge is 0.549 e. The zero-order valence-electron chi connectivity index (χ0n) is 30.8. The Hall–Kier alpha value is -1.12. The molecule has 1 aromatic carbocycles. The Kier molecular flexibility index (Phi) is 10.0. The van der Waals surface area contributed by atoms with Crippen LogP contribution in [0.2, 0.25) is 5.54 Å². The third kappa shape index (κ3) is 6.67. The van der Waals surface area contributed by atoms with Crippen LogP contribution in [-0.4, -0.2) is 65.6 Å². The molecule has 0 spiro atoms. The van der Waals surface area contributed by atoms with E-state index < -0.39 is 9.76 Å². The van der Waals surface area contributed by atoms with E-state index in [1.165, 1.54) is 102 Å². The van der Waals surface area contributed by atoms with Crippen molar-refractivity contribution in [2.24, 2.45) is 53.1 Å². The lowest BCUT2D eigenvalue weighted by molar-refractivity contribution is 0.167. The van der Waals surface area contributed by atoms with Crippen molar-refractivity contribution in [3.05, 3.63) is 29.8 Å². The fourth-order valence-electron chi connectivity index (χ4n) is 13.4. The van der Waals surface area contributed by atoms with E-state index in [1.807, 2.05) is 0 Å². The molecular formula is C40H67N9OSi. The molecule has 17 atom stereocenters. The summed E-state index contributed by atoms with van der Waals surface area (Å²) in [5.41, 5.74) is 7.81. The van der Waals surface area contributed by atoms with Crippen molar-refractivity contribution in [2.45, 2.75) is 158 Å². The van der Waals surface area contributed by atoms with Crippen LogP contribution in [0.25, 0.3) is 0 Å². The van der Waals surface area contributed by atoms with Crippen molar-refractivity contribution in [1.82, 2.24) is 42.5 Å². The lowest BCUT2D eigenvalue weighted by atomic mass is 9.76. The average Bonchev–Trinajstić information content (AvgIpc) is 3.90. The monoisotopic (exact) mass is 718 g/mol. The van der Waals surface area contributed by atoms with Crippen molar-refractivity contribution in [3.63, 3.8) is 0 Å². The van der Waals surface area contributed by atoms with Crippen LogP contribution in [0.4, 0.5) is 0 Å². The summed E-state index contributed by atoms with van der Waals surface area (Å²) in [5.74, 6) is 6.55. The molecule has 10 N–H and O–H groups in total. The first-order valence-corrected chi connectivity index (χ1v) is 23.1. The van der Waals surface area contributed by atoms with Crippen LogP contribution < -0.4 is 52.7 Å². The Morgan fingerprint density at radius 2 is 0.824 bits per heavy atom. The van der Waals surface area contributed by atoms with Gasteiger partial charge < -0.3 is 10.2 Å². The van der Waals surface area contributed by atoms with E-state index in [9.17, 15) is 0 Å². The molecule has 5 aliphatic heterocycles. The van der Waals surface area contributed by atoms with Crippen molar-refractivity contribution in [2.75, 3.05) is 6.54 Å². The van der Waals surface area contributed by atoms with Crippen LogP contribution in [0.3, 0.4) is 0 Å². The molecule has 8 bridgehead atoms. The maximum atomic E-state index is 6.60. The van der Waals surface area contributed by atoms with E-state index in [-0.39, 0.29) is 0 Å². The summed E-state index contributed by atoms with van der Waals surface area (Å²) < 4.78 is 6.60. The summed E-state index contributed by atoms with van der Waals surface area (Å²) in [6, 6.07) is 8.74. The first-order valence-electron chi connectivity index (χ1n) is 21.7. The van der Waals surface area contributed by atoms with E-state index in [2.05, 4.69) is 66.8 Å². The Morgan fingerprint density at radius 3 is 1.20 bits per heavy atom. The number of rotatable bonds is 5. The molecule has 4 saturated carbocycles. The van der Waals surface area contributed by atoms with Gasteiger partial charge in [0.25, 0.3) is 0 Å². The molecule has 9 fully saturated rings. The molecule has 5 saturated heterocycles. The fraction of sp³-hybridized carbons (Fsp3) is 0.850. The lowest BCUT2D eigenvalue weighted by Crippen LogP contribution is -2.61. The van der Waals surface area contributed by atoms with Gasteiger partial charge in [-0.15, -0.1) is 0 Å². The third-order valence-corrected chi connectivity index (χ3v) is 17.5. The molecule has 0 aromatic heterocycles. The molecule has 17 unspecified atom stereocenters. The summed E-state index contributed by atoms with van der Waals surface area (Å²) in [4.78, 5) is 0. The lowest BCUT2D eigenvalue weighted by Gasteiger charge is -2.37. The van der Waals surface area contributed by atoms with Crippen molar-refractivity contribution >= 4 is 9.76 Å². The van der Waals surface area contributed by atoms with E-state index in [0.29, 0.717) is 103 Å². The van der Waals surface area contributed by atoms with Gasteiger partial charge in [-0.2, -0.15) is 0 Å². The molecule has 9 aliphatic rings. The molecule has 10 nitrogen and oxygen atoms in total. The highest BCUT2D eigenvalue weighted by Gasteiger charge is 2.54. The van der Waals surface area contributed by atoms with Crippen LogP contribution in [-0.2, 0) is 6.42 Å². The first kappa shape index (κ1) is 34.4. The topological polar surface area (TPSA) is 131 Å². The predicted octanol–water partition coefficient (Wildman–Crippen LogP) is 2.67. The molecule has 282 valence electrons. The van der Waals surface area contributed by atoms with E-state index in [0.717, 1.165) is 18.1 Å². The maximum Gasteiger partial charge on any atom is 0.222 e. The highest BCUT2D eigenvalue weighted by molar-refractivity contribution is 6.30. The summed E-state index contributed by atoms with van der Waals surface area (Å²) >= 11 is 0. The number of nitrogens with two attached hydrogens (primary N) is 1. The zero-order valence-corrected chi connectivity index (χ0v) is 32.3. The Morgan fingerprint density at radius 1 is 0.471 bits per heavy atom. The second kappa shape index (κ2) is 14.8. The van der Waals surface area contributed by atoms with E-state index >= 15 is 0 Å². The van der Waals surface area contributed by atoms with Gasteiger partial charge in [-0.3, -0.25) is 42.5 Å². The van der Waals surface area contributed by atoms with Crippen molar-refractivity contribution in [1.29, 1.82) is 0 Å². The quantitative estimate of drug-likeness (QED) is 0.210. The SMILES string of the molecule is NCCc1ccc(O[SiH2]C2CCC3C4NC5NC(NC6NC(NC7NC(NC(N4)C3C2)C2CCCCC72)C2CCCCC62)C2CCCCC52)cc1. The van der Waals surface area contributed by atoms with E-state index in [1.54, 1.807) is 0 Å². The highest BCUT2D eigenvalue weighted by Crippen LogP contribution is 2.47. The number of nitrogens with one attached hydrogen (secondary N) is 8. The minimum absolute atomic E-state index is 0.320. The average molecular weight is 718 g/mol. The summed E-state index contributed by atoms with van der Waals surface area (Å²) in [5, 5.41) is 34.2. The van der Waals surface area contributed by atoms with Gasteiger partial charge in [0.1, 0.15) is 5.75 Å². The minimum atomic E-state index is -0.697. The number of hydrogen-bond acceptors (Lipinski definition) is 10. The van der Waals surface area contributed by atoms with Gasteiger partial charge in [0.05, 0.1) is 49.3 Å². The Bertz CT molecular complexity index is 1340. The van der Waals surface area contributed by atoms with Gasteiger partial charge in [-0.1, -0.05) is 50.7 Å². The van der Waals surface area contributed by atoms with Crippen molar-refractivity contribution in [3.8, 4) is 5.75 Å². The minimum Gasteiger partial charge on any atom is -0.549 e. The van der Waals surface area contributed by atoms with Crippen molar-refractivity contribution < 1.29 is 4.43 Å². The predicted molar refractivity (Wildman–Crippen MR) is 205 cm³/mol. The molecular weight excluding hydrogens is 651 g/mol. The van der Waals surface area contributed by atoms with Gasteiger partial charge in [0, 0.05) is 0 Å². The van der Waals surface area contributed by atoms with Crippen LogP contribution >= 0.6 is 0 Å². The second-order valence-electron chi connectivity index (χ2n) is 18.5. The van der Waals surface area contributed by atoms with E-state index in [4.69, 9.17) is 10.2 Å². The van der Waals surface area contributed by atoms with Crippen LogP contribution in [0.5, 0.6) is 5.75 Å². The van der Waals surface area contributed by atoms with Gasteiger partial charge in [0.2, 0.25) is 9.76 Å². The summed E-state index contributed by atoms with van der Waals surface area (Å²) in [6.07, 6.45) is 24.1. The molecule has 51 heavy (non-hydrogen) atoms. The molecule has 10 rings (SSSR count). The van der Waals surface area contributed by atoms with Crippen LogP contribution in [0.1, 0.15) is 102 Å². The number of hydrogen-bond donors (Lipinski definition) is 9. The van der Waals surface area contributed by atoms with Crippen LogP contribution in [0, 0.1) is 47.3 Å². The fourth-order valence-corrected chi connectivity index (χ4v) is 14.9. The second-order valence-corrected chi connectivity index (χ2v) is 20.3. The van der Waals surface area contributed by atoms with Gasteiger partial charge in [-0.25, -0.2) is 0 Å². The smallest absolute Gasteiger partial charge is 0.222 e. The highest BCUT2D eigenvalue weighted by atomic mass is 28.2. The molecule has 0 radical (unpaired) electrons. The molecule has 1 aromatic rings. The number of fused-ring (bicyclic) bond motifs is 20. The van der Waals surface area contributed by atoms with Gasteiger partial charge in [0.15, 0.2) is 0 Å². The maximum absolute atomic E-state index is 6.60. The molecule has 4 aliphatic carbocycles. The standard InChI is InChI=1S/C40H67N9OSi/c41-20-19-22-13-15-23(16-14-22)50-51-24-17-18-31-32(21-24)40-48-38-30-12-6-5-11-29(30)36(46-38)44-34-26-8-2-1-7-25(26)33(42-34)43-35-27-9-3-4-10-28(27)37(45-35)47-39(31)49-40/h13-16,24-40,42-49H,1-12,17-21,41,51H2. The summed E-state index contributed by atoms with van der Waals surface area (Å²) in [7, 11) is -0.697. The molecule has 0 amide bonds. The normalized spacial score (nSPS) is 49.3. The first-order chi connectivity index (χ1) is 25.2. The molecule has 11 heteroatoms. The van der Waals surface area contributed by atoms with Gasteiger partial charge >= 0.3 is 0 Å². The summed E-state index contributed by atoms with van der Waals surface area (Å²) in [6.45, 7) is 0.697. The number of benzene rings is 1. The third-order valence-electron chi connectivity index (χ3n) is 15.8. The molecule has 5 heterocycles. The Labute approximate surface area is 308 Å². The van der Waals surface area contributed by atoms with Crippen LogP contribution in [0.15, 0.2) is 24.3 Å².